The number of carbonyl (C=O) groups excluding carboxylic acids is 2. The Morgan fingerprint density at radius 2 is 1.54 bits per heavy atom. The van der Waals surface area contributed by atoms with Gasteiger partial charge >= 0.3 is 0 Å². The number of rotatable bonds is 5. The van der Waals surface area contributed by atoms with Crippen LogP contribution in [0.15, 0.2) is 78.9 Å². The normalized spacial score (nSPS) is 10.0. The predicted molar refractivity (Wildman–Crippen MR) is 102 cm³/mol. The minimum atomic E-state index is -0.290. The van der Waals surface area contributed by atoms with Gasteiger partial charge in [0.25, 0.3) is 5.91 Å². The smallest absolute Gasteiger partial charge is 0.255 e. The minimum Gasteiger partial charge on any atom is -0.455 e. The van der Waals surface area contributed by atoms with Crippen molar-refractivity contribution < 1.29 is 14.3 Å². The first-order valence-electron chi connectivity index (χ1n) is 8.13. The third kappa shape index (κ3) is 4.48. The summed E-state index contributed by atoms with van der Waals surface area (Å²) in [6.07, 6.45) is 0. The highest BCUT2D eigenvalue weighted by Crippen LogP contribution is 2.29. The highest BCUT2D eigenvalue weighted by Gasteiger charge is 2.11. The van der Waals surface area contributed by atoms with Crippen molar-refractivity contribution in [3.05, 3.63) is 84.4 Å². The first kappa shape index (κ1) is 17.2. The largest absolute Gasteiger partial charge is 0.455 e. The van der Waals surface area contributed by atoms with Crippen LogP contribution in [0.4, 0.5) is 11.4 Å². The zero-order chi connectivity index (χ0) is 18.4. The number of anilines is 2. The monoisotopic (exact) mass is 346 g/mol. The third-order valence-electron chi connectivity index (χ3n) is 3.55. The van der Waals surface area contributed by atoms with Crippen LogP contribution in [0.3, 0.4) is 0 Å². The summed E-state index contributed by atoms with van der Waals surface area (Å²) in [5.41, 5.74) is 1.57. The fourth-order valence-electron chi connectivity index (χ4n) is 2.41. The molecule has 5 nitrogen and oxygen atoms in total. The van der Waals surface area contributed by atoms with E-state index in [0.29, 0.717) is 28.4 Å². The third-order valence-corrected chi connectivity index (χ3v) is 3.55. The fourth-order valence-corrected chi connectivity index (χ4v) is 2.41. The van der Waals surface area contributed by atoms with Gasteiger partial charge in [-0.05, 0) is 42.5 Å². The van der Waals surface area contributed by atoms with Crippen molar-refractivity contribution >= 4 is 23.2 Å². The number of nitrogens with one attached hydrogen (secondary N) is 2. The molecule has 0 aliphatic heterocycles. The second-order valence-corrected chi connectivity index (χ2v) is 5.63. The van der Waals surface area contributed by atoms with Gasteiger partial charge in [0, 0.05) is 18.2 Å². The van der Waals surface area contributed by atoms with E-state index in [9.17, 15) is 9.59 Å². The van der Waals surface area contributed by atoms with Crippen LogP contribution in [-0.2, 0) is 4.79 Å². The van der Waals surface area contributed by atoms with Crippen molar-refractivity contribution in [1.82, 2.24) is 0 Å². The second-order valence-electron chi connectivity index (χ2n) is 5.63. The molecule has 130 valence electrons. The molecule has 26 heavy (non-hydrogen) atoms. The fraction of sp³-hybridized carbons (Fsp3) is 0.0476. The number of amides is 2. The molecule has 0 saturated heterocycles. The molecule has 3 rings (SSSR count). The Kier molecular flexibility index (Phi) is 5.29. The van der Waals surface area contributed by atoms with Crippen LogP contribution in [0, 0.1) is 0 Å². The topological polar surface area (TPSA) is 67.4 Å². The van der Waals surface area contributed by atoms with E-state index in [1.807, 2.05) is 42.5 Å². The molecular formula is C21H18N2O3. The SMILES string of the molecule is CC(=O)Nc1cccc(C(=O)Nc2ccccc2Oc2ccccc2)c1. The lowest BCUT2D eigenvalue weighted by Crippen LogP contribution is -2.13. The van der Waals surface area contributed by atoms with Gasteiger partial charge < -0.3 is 15.4 Å². The Labute approximate surface area is 151 Å². The molecular weight excluding hydrogens is 328 g/mol. The number of ether oxygens (including phenoxy) is 1. The molecule has 0 atom stereocenters. The Morgan fingerprint density at radius 3 is 2.31 bits per heavy atom. The number of benzene rings is 3. The highest BCUT2D eigenvalue weighted by atomic mass is 16.5. The van der Waals surface area contributed by atoms with Crippen molar-refractivity contribution in [2.45, 2.75) is 6.92 Å². The van der Waals surface area contributed by atoms with Gasteiger partial charge in [-0.2, -0.15) is 0 Å². The summed E-state index contributed by atoms with van der Waals surface area (Å²) in [4.78, 5) is 23.8. The molecule has 3 aromatic carbocycles. The maximum absolute atomic E-state index is 12.6. The first-order valence-corrected chi connectivity index (χ1v) is 8.13. The van der Waals surface area contributed by atoms with Gasteiger partial charge in [-0.3, -0.25) is 9.59 Å². The molecule has 0 fully saturated rings. The second kappa shape index (κ2) is 7.98. The number of carbonyl (C=O) groups is 2. The summed E-state index contributed by atoms with van der Waals surface area (Å²) < 4.78 is 5.85. The van der Waals surface area contributed by atoms with Gasteiger partial charge in [0.1, 0.15) is 5.75 Å². The molecule has 0 spiro atoms. The van der Waals surface area contributed by atoms with Crippen LogP contribution in [0.25, 0.3) is 0 Å². The average Bonchev–Trinajstić information content (AvgIpc) is 2.64. The van der Waals surface area contributed by atoms with Crippen LogP contribution in [-0.4, -0.2) is 11.8 Å². The number of hydrogen-bond acceptors (Lipinski definition) is 3. The van der Waals surface area contributed by atoms with Crippen molar-refractivity contribution in [1.29, 1.82) is 0 Å². The van der Waals surface area contributed by atoms with Gasteiger partial charge in [-0.15, -0.1) is 0 Å². The zero-order valence-electron chi connectivity index (χ0n) is 14.2. The molecule has 0 radical (unpaired) electrons. The molecule has 2 N–H and O–H groups in total. The lowest BCUT2D eigenvalue weighted by atomic mass is 10.1. The van der Waals surface area contributed by atoms with E-state index in [1.165, 1.54) is 6.92 Å². The van der Waals surface area contributed by atoms with Gasteiger partial charge in [0.05, 0.1) is 5.69 Å². The van der Waals surface area contributed by atoms with Crippen LogP contribution in [0.1, 0.15) is 17.3 Å². The molecule has 0 aromatic heterocycles. The molecule has 0 bridgehead atoms. The summed E-state index contributed by atoms with van der Waals surface area (Å²) in [6, 6.07) is 23.3. The average molecular weight is 346 g/mol. The summed E-state index contributed by atoms with van der Waals surface area (Å²) in [7, 11) is 0. The summed E-state index contributed by atoms with van der Waals surface area (Å²) in [5.74, 6) is 0.748. The molecule has 0 aliphatic rings. The van der Waals surface area contributed by atoms with E-state index in [-0.39, 0.29) is 11.8 Å². The molecule has 5 heteroatoms. The summed E-state index contributed by atoms with van der Waals surface area (Å²) in [5, 5.41) is 5.52. The zero-order valence-corrected chi connectivity index (χ0v) is 14.2. The Hall–Kier alpha value is -3.60. The molecule has 0 aliphatic carbocycles. The van der Waals surface area contributed by atoms with Gasteiger partial charge in [0.15, 0.2) is 5.75 Å². The van der Waals surface area contributed by atoms with Gasteiger partial charge in [0.2, 0.25) is 5.91 Å². The van der Waals surface area contributed by atoms with Crippen molar-refractivity contribution in [3.63, 3.8) is 0 Å². The van der Waals surface area contributed by atoms with Crippen molar-refractivity contribution in [3.8, 4) is 11.5 Å². The van der Waals surface area contributed by atoms with Gasteiger partial charge in [-0.25, -0.2) is 0 Å². The van der Waals surface area contributed by atoms with E-state index in [0.717, 1.165) is 0 Å². The summed E-state index contributed by atoms with van der Waals surface area (Å²) >= 11 is 0. The van der Waals surface area contributed by atoms with Crippen molar-refractivity contribution in [2.24, 2.45) is 0 Å². The lowest BCUT2D eigenvalue weighted by molar-refractivity contribution is -0.114. The first-order chi connectivity index (χ1) is 12.6. The van der Waals surface area contributed by atoms with Crippen LogP contribution in [0.2, 0.25) is 0 Å². The quantitative estimate of drug-likeness (QED) is 0.704. The van der Waals surface area contributed by atoms with Gasteiger partial charge in [-0.1, -0.05) is 36.4 Å². The Balaban J connectivity index is 1.79. The molecule has 0 unspecified atom stereocenters. The Bertz CT molecular complexity index is 923. The maximum Gasteiger partial charge on any atom is 0.255 e. The van der Waals surface area contributed by atoms with Crippen molar-refractivity contribution in [2.75, 3.05) is 10.6 Å². The van der Waals surface area contributed by atoms with E-state index >= 15 is 0 Å². The highest BCUT2D eigenvalue weighted by molar-refractivity contribution is 6.06. The molecule has 0 heterocycles. The van der Waals surface area contributed by atoms with E-state index < -0.39 is 0 Å². The minimum absolute atomic E-state index is 0.191. The van der Waals surface area contributed by atoms with Crippen LogP contribution >= 0.6 is 0 Å². The Morgan fingerprint density at radius 1 is 0.808 bits per heavy atom. The van der Waals surface area contributed by atoms with Crippen LogP contribution < -0.4 is 15.4 Å². The standard InChI is InChI=1S/C21H18N2O3/c1-15(24)22-17-9-7-8-16(14-17)21(25)23-19-12-5-6-13-20(19)26-18-10-3-2-4-11-18/h2-14H,1H3,(H,22,24)(H,23,25). The maximum atomic E-state index is 12.6. The lowest BCUT2D eigenvalue weighted by Gasteiger charge is -2.12. The van der Waals surface area contributed by atoms with Crippen LogP contribution in [0.5, 0.6) is 11.5 Å². The number of hydrogen-bond donors (Lipinski definition) is 2. The molecule has 3 aromatic rings. The predicted octanol–water partition coefficient (Wildman–Crippen LogP) is 4.69. The summed E-state index contributed by atoms with van der Waals surface area (Å²) in [6.45, 7) is 1.42. The molecule has 0 saturated carbocycles. The molecule has 2 amide bonds. The van der Waals surface area contributed by atoms with E-state index in [1.54, 1.807) is 36.4 Å². The van der Waals surface area contributed by atoms with E-state index in [2.05, 4.69) is 10.6 Å². The number of para-hydroxylation sites is 3. The van der Waals surface area contributed by atoms with E-state index in [4.69, 9.17) is 4.74 Å².